The first-order chi connectivity index (χ1) is 5.00. The van der Waals surface area contributed by atoms with Crippen LogP contribution in [-0.4, -0.2) is 33.6 Å². The summed E-state index contributed by atoms with van der Waals surface area (Å²) >= 11 is 2.16. The summed E-state index contributed by atoms with van der Waals surface area (Å²) in [5.41, 5.74) is 0. The number of carbonyl (C=O) groups is 1. The molecule has 0 saturated carbocycles. The van der Waals surface area contributed by atoms with E-state index in [0.717, 1.165) is 4.55 Å². The average molecular weight is 271 g/mol. The lowest BCUT2D eigenvalue weighted by molar-refractivity contribution is -0.143. The fourth-order valence-electron chi connectivity index (χ4n) is 1.06. The van der Waals surface area contributed by atoms with Gasteiger partial charge in [0, 0.05) is 0 Å². The zero-order chi connectivity index (χ0) is 9.02. The summed E-state index contributed by atoms with van der Waals surface area (Å²) in [4.78, 5) is 12.5. The zero-order valence-corrected chi connectivity index (χ0v) is 9.20. The van der Waals surface area contributed by atoms with E-state index in [9.17, 15) is 4.79 Å². The number of carboxylic acids is 1. The minimum Gasteiger partial charge on any atom is -0.480 e. The Hall–Kier alpha value is 0.160. The second-order valence-corrected chi connectivity index (χ2v) is 3.59. The molecular formula is C7H14INO2. The van der Waals surface area contributed by atoms with Crippen LogP contribution in [0.25, 0.3) is 0 Å². The molecule has 0 aromatic rings. The lowest BCUT2D eigenvalue weighted by Gasteiger charge is -2.25. The maximum atomic E-state index is 10.7. The molecule has 0 saturated heterocycles. The predicted molar refractivity (Wildman–Crippen MR) is 52.9 cm³/mol. The molecule has 0 fully saturated rings. The minimum absolute atomic E-state index is 0.160. The van der Waals surface area contributed by atoms with Gasteiger partial charge in [-0.05, 0) is 13.0 Å². The minimum atomic E-state index is -0.737. The number of nitrogens with zero attached hydrogens (tertiary/aromatic N) is 1. The maximum absolute atomic E-state index is 10.7. The smallest absolute Gasteiger partial charge is 0.321 e. The van der Waals surface area contributed by atoms with Crippen molar-refractivity contribution in [2.24, 2.45) is 5.92 Å². The van der Waals surface area contributed by atoms with E-state index >= 15 is 0 Å². The Morgan fingerprint density at radius 1 is 1.64 bits per heavy atom. The lowest BCUT2D eigenvalue weighted by atomic mass is 10.0. The number of hydrogen-bond donors (Lipinski definition) is 1. The largest absolute Gasteiger partial charge is 0.480 e. The molecule has 0 aromatic carbocycles. The number of halogens is 1. The fraction of sp³-hybridized carbons (Fsp3) is 0.857. The molecule has 0 aliphatic rings. The Morgan fingerprint density at radius 2 is 2.09 bits per heavy atom. The van der Waals surface area contributed by atoms with Crippen molar-refractivity contribution >= 4 is 28.6 Å². The summed E-state index contributed by atoms with van der Waals surface area (Å²) in [7, 11) is 1.82. The summed E-state index contributed by atoms with van der Waals surface area (Å²) in [6.07, 6.45) is 0. The predicted octanol–water partition coefficient (Wildman–Crippen LogP) is 1.42. The van der Waals surface area contributed by atoms with E-state index < -0.39 is 5.97 Å². The number of rotatable bonds is 4. The van der Waals surface area contributed by atoms with Gasteiger partial charge in [-0.2, -0.15) is 0 Å². The molecule has 0 radical (unpaired) electrons. The molecular weight excluding hydrogens is 257 g/mol. The van der Waals surface area contributed by atoms with E-state index in [1.165, 1.54) is 0 Å². The molecule has 66 valence electrons. The molecule has 0 aromatic heterocycles. The third kappa shape index (κ3) is 3.37. The first-order valence-corrected chi connectivity index (χ1v) is 5.02. The van der Waals surface area contributed by atoms with Crippen LogP contribution >= 0.6 is 22.6 Å². The summed E-state index contributed by atoms with van der Waals surface area (Å²) < 4.78 is 0.743. The first-order valence-electron chi connectivity index (χ1n) is 3.49. The van der Waals surface area contributed by atoms with Crippen molar-refractivity contribution in [3.8, 4) is 0 Å². The van der Waals surface area contributed by atoms with Crippen LogP contribution in [0.5, 0.6) is 0 Å². The van der Waals surface area contributed by atoms with Gasteiger partial charge in [0.2, 0.25) is 0 Å². The van der Waals surface area contributed by atoms with Crippen molar-refractivity contribution in [1.82, 2.24) is 4.90 Å². The second-order valence-electron chi connectivity index (χ2n) is 2.90. The van der Waals surface area contributed by atoms with Gasteiger partial charge in [-0.25, -0.2) is 0 Å². The van der Waals surface area contributed by atoms with Gasteiger partial charge in [0.15, 0.2) is 0 Å². The van der Waals surface area contributed by atoms with E-state index in [-0.39, 0.29) is 12.0 Å². The zero-order valence-electron chi connectivity index (χ0n) is 7.04. The molecule has 0 rings (SSSR count). The summed E-state index contributed by atoms with van der Waals surface area (Å²) in [6, 6.07) is -0.355. The van der Waals surface area contributed by atoms with E-state index in [2.05, 4.69) is 22.6 Å². The van der Waals surface area contributed by atoms with Crippen LogP contribution in [0.4, 0.5) is 0 Å². The monoisotopic (exact) mass is 271 g/mol. The molecule has 1 N–H and O–H groups in total. The molecule has 0 spiro atoms. The van der Waals surface area contributed by atoms with Gasteiger partial charge in [0.25, 0.3) is 0 Å². The Kier molecular flexibility index (Phi) is 4.99. The van der Waals surface area contributed by atoms with E-state index in [4.69, 9.17) is 5.11 Å². The summed E-state index contributed by atoms with van der Waals surface area (Å²) in [5.74, 6) is -0.577. The SMILES string of the molecule is CC(C)C(C(=O)O)N(C)CI. The van der Waals surface area contributed by atoms with Crippen LogP contribution < -0.4 is 0 Å². The highest BCUT2D eigenvalue weighted by molar-refractivity contribution is 14.1. The number of carboxylic acid groups (broad SMARTS) is 1. The van der Waals surface area contributed by atoms with Crippen molar-refractivity contribution < 1.29 is 9.90 Å². The third-order valence-corrected chi connectivity index (χ3v) is 2.62. The van der Waals surface area contributed by atoms with Gasteiger partial charge in [0.1, 0.15) is 6.04 Å². The number of hydrogen-bond acceptors (Lipinski definition) is 2. The number of alkyl halides is 1. The number of likely N-dealkylation sites (N-methyl/N-ethyl adjacent to an activating group) is 1. The van der Waals surface area contributed by atoms with Crippen molar-refractivity contribution in [3.05, 3.63) is 0 Å². The first kappa shape index (κ1) is 11.2. The number of aliphatic carboxylic acids is 1. The Bertz CT molecular complexity index is 138. The molecule has 11 heavy (non-hydrogen) atoms. The maximum Gasteiger partial charge on any atom is 0.321 e. The van der Waals surface area contributed by atoms with Crippen LogP contribution in [-0.2, 0) is 4.79 Å². The normalized spacial score (nSPS) is 14.0. The summed E-state index contributed by atoms with van der Waals surface area (Å²) in [5, 5.41) is 8.80. The molecule has 0 aliphatic heterocycles. The Morgan fingerprint density at radius 3 is 2.18 bits per heavy atom. The van der Waals surface area contributed by atoms with Gasteiger partial charge >= 0.3 is 5.97 Å². The van der Waals surface area contributed by atoms with Crippen LogP contribution in [0.2, 0.25) is 0 Å². The highest BCUT2D eigenvalue weighted by Crippen LogP contribution is 2.10. The molecule has 0 amide bonds. The van der Waals surface area contributed by atoms with Crippen LogP contribution in [0.15, 0.2) is 0 Å². The van der Waals surface area contributed by atoms with Gasteiger partial charge in [0.05, 0.1) is 4.55 Å². The molecule has 4 heteroatoms. The van der Waals surface area contributed by atoms with E-state index in [1.54, 1.807) is 0 Å². The Balaban J connectivity index is 4.21. The molecule has 1 atom stereocenters. The van der Waals surface area contributed by atoms with Crippen LogP contribution in [0.1, 0.15) is 13.8 Å². The standard InChI is InChI=1S/C7H14INO2/c1-5(2)6(7(10)11)9(3)4-8/h5-6H,4H2,1-3H3,(H,10,11). The van der Waals surface area contributed by atoms with Crippen molar-refractivity contribution in [3.63, 3.8) is 0 Å². The van der Waals surface area contributed by atoms with Crippen LogP contribution in [0, 0.1) is 5.92 Å². The van der Waals surface area contributed by atoms with Crippen LogP contribution in [0.3, 0.4) is 0 Å². The average Bonchev–Trinajstić information content (AvgIpc) is 1.85. The Labute approximate surface area is 80.9 Å². The van der Waals surface area contributed by atoms with Gasteiger partial charge in [-0.3, -0.25) is 9.69 Å². The van der Waals surface area contributed by atoms with Crippen molar-refractivity contribution in [1.29, 1.82) is 0 Å². The summed E-state index contributed by atoms with van der Waals surface area (Å²) in [6.45, 7) is 3.84. The third-order valence-electron chi connectivity index (χ3n) is 1.55. The quantitative estimate of drug-likeness (QED) is 0.477. The molecule has 3 nitrogen and oxygen atoms in total. The van der Waals surface area contributed by atoms with Gasteiger partial charge < -0.3 is 5.11 Å². The van der Waals surface area contributed by atoms with E-state index in [1.807, 2.05) is 25.8 Å². The lowest BCUT2D eigenvalue weighted by Crippen LogP contribution is -2.41. The highest BCUT2D eigenvalue weighted by Gasteiger charge is 2.24. The molecule has 0 bridgehead atoms. The molecule has 0 heterocycles. The second kappa shape index (κ2) is 4.92. The van der Waals surface area contributed by atoms with Gasteiger partial charge in [-0.1, -0.05) is 36.4 Å². The van der Waals surface area contributed by atoms with Gasteiger partial charge in [-0.15, -0.1) is 0 Å². The van der Waals surface area contributed by atoms with Crippen molar-refractivity contribution in [2.75, 3.05) is 11.6 Å². The molecule has 1 unspecified atom stereocenters. The topological polar surface area (TPSA) is 40.5 Å². The molecule has 0 aliphatic carbocycles. The highest BCUT2D eigenvalue weighted by atomic mass is 127. The van der Waals surface area contributed by atoms with E-state index in [0.29, 0.717) is 0 Å². The fourth-order valence-corrected chi connectivity index (χ4v) is 1.48. The van der Waals surface area contributed by atoms with Crippen molar-refractivity contribution in [2.45, 2.75) is 19.9 Å².